The molecular weight excluding hydrogens is 337 g/mol. The molecule has 1 unspecified atom stereocenters. The number of thioether (sulfide) groups is 1. The third-order valence-corrected chi connectivity index (χ3v) is 4.51. The maximum Gasteiger partial charge on any atom is 0.142 e. The lowest BCUT2D eigenvalue weighted by Gasteiger charge is -2.20. The van der Waals surface area contributed by atoms with Crippen LogP contribution in [0.2, 0.25) is 0 Å². The van der Waals surface area contributed by atoms with Crippen LogP contribution in [0.5, 0.6) is 0 Å². The Hall–Kier alpha value is -0.840. The fourth-order valence-corrected chi connectivity index (χ4v) is 2.94. The second-order valence-electron chi connectivity index (χ2n) is 4.41. The van der Waals surface area contributed by atoms with Crippen LogP contribution in [-0.4, -0.2) is 12.8 Å². The monoisotopic (exact) mass is 353 g/mol. The maximum absolute atomic E-state index is 14.3. The molecule has 0 aliphatic heterocycles. The number of nitrogens with one attached hydrogen (secondary N) is 1. The molecule has 0 fully saturated rings. The first-order valence-electron chi connectivity index (χ1n) is 6.48. The second kappa shape index (κ2) is 7.25. The molecule has 0 radical (unpaired) electrons. The summed E-state index contributed by atoms with van der Waals surface area (Å²) in [6.45, 7) is 2.81. The zero-order chi connectivity index (χ0) is 14.5. The van der Waals surface area contributed by atoms with Gasteiger partial charge in [-0.3, -0.25) is 0 Å². The molecule has 4 heteroatoms. The van der Waals surface area contributed by atoms with E-state index >= 15 is 0 Å². The molecule has 20 heavy (non-hydrogen) atoms. The van der Waals surface area contributed by atoms with Crippen molar-refractivity contribution in [3.8, 4) is 0 Å². The van der Waals surface area contributed by atoms with Crippen LogP contribution in [0, 0.1) is 5.82 Å². The number of benzene rings is 2. The minimum Gasteiger partial charge on any atom is -0.306 e. The van der Waals surface area contributed by atoms with Crippen LogP contribution in [-0.2, 0) is 0 Å². The van der Waals surface area contributed by atoms with Gasteiger partial charge in [0.2, 0.25) is 0 Å². The van der Waals surface area contributed by atoms with Crippen LogP contribution in [0.1, 0.15) is 24.1 Å². The first-order valence-corrected chi connectivity index (χ1v) is 8.50. The molecule has 1 atom stereocenters. The summed E-state index contributed by atoms with van der Waals surface area (Å²) >= 11 is 4.96. The van der Waals surface area contributed by atoms with Gasteiger partial charge in [-0.25, -0.2) is 4.39 Å². The van der Waals surface area contributed by atoms with Gasteiger partial charge in [0.25, 0.3) is 0 Å². The molecule has 2 rings (SSSR count). The van der Waals surface area contributed by atoms with E-state index < -0.39 is 0 Å². The Labute approximate surface area is 132 Å². The summed E-state index contributed by atoms with van der Waals surface area (Å²) in [5.41, 5.74) is 1.74. The summed E-state index contributed by atoms with van der Waals surface area (Å²) < 4.78 is 14.8. The van der Waals surface area contributed by atoms with E-state index in [0.717, 1.165) is 12.1 Å². The lowest BCUT2D eigenvalue weighted by atomic mass is 9.98. The smallest absolute Gasteiger partial charge is 0.142 e. The molecule has 0 aromatic heterocycles. The minimum atomic E-state index is -0.201. The second-order valence-corrected chi connectivity index (χ2v) is 6.14. The third-order valence-electron chi connectivity index (χ3n) is 3.15. The number of hydrogen-bond acceptors (Lipinski definition) is 2. The van der Waals surface area contributed by atoms with Gasteiger partial charge in [0.1, 0.15) is 5.82 Å². The summed E-state index contributed by atoms with van der Waals surface area (Å²) in [5.74, 6) is -0.201. The van der Waals surface area contributed by atoms with E-state index in [-0.39, 0.29) is 11.9 Å². The van der Waals surface area contributed by atoms with Crippen LogP contribution >= 0.6 is 27.7 Å². The Morgan fingerprint density at radius 1 is 1.20 bits per heavy atom. The summed E-state index contributed by atoms with van der Waals surface area (Å²) in [6, 6.07) is 13.5. The van der Waals surface area contributed by atoms with Gasteiger partial charge in [0, 0.05) is 10.5 Å². The maximum atomic E-state index is 14.3. The lowest BCUT2D eigenvalue weighted by Crippen LogP contribution is -2.23. The van der Waals surface area contributed by atoms with E-state index in [0.29, 0.717) is 10.0 Å². The highest BCUT2D eigenvalue weighted by molar-refractivity contribution is 9.10. The van der Waals surface area contributed by atoms with Gasteiger partial charge < -0.3 is 5.32 Å². The number of rotatable bonds is 5. The van der Waals surface area contributed by atoms with E-state index in [1.54, 1.807) is 17.8 Å². The molecule has 2 aromatic rings. The van der Waals surface area contributed by atoms with E-state index in [4.69, 9.17) is 0 Å². The summed E-state index contributed by atoms with van der Waals surface area (Å²) in [6.07, 6.45) is 2.05. The van der Waals surface area contributed by atoms with E-state index in [1.165, 1.54) is 4.90 Å². The van der Waals surface area contributed by atoms with Crippen LogP contribution in [0.3, 0.4) is 0 Å². The highest BCUT2D eigenvalue weighted by Gasteiger charge is 2.18. The highest BCUT2D eigenvalue weighted by Crippen LogP contribution is 2.29. The van der Waals surface area contributed by atoms with Gasteiger partial charge >= 0.3 is 0 Å². The zero-order valence-corrected chi connectivity index (χ0v) is 13.9. The van der Waals surface area contributed by atoms with Gasteiger partial charge in [0.05, 0.1) is 10.5 Å². The molecule has 1 nitrogen and oxygen atoms in total. The first-order chi connectivity index (χ1) is 9.67. The molecule has 2 aromatic carbocycles. The van der Waals surface area contributed by atoms with Gasteiger partial charge in [-0.1, -0.05) is 31.2 Å². The van der Waals surface area contributed by atoms with Crippen molar-refractivity contribution >= 4 is 27.7 Å². The first kappa shape index (κ1) is 15.5. The van der Waals surface area contributed by atoms with Gasteiger partial charge in [-0.05, 0) is 52.5 Å². The highest BCUT2D eigenvalue weighted by atomic mass is 79.9. The van der Waals surface area contributed by atoms with Crippen molar-refractivity contribution in [2.45, 2.75) is 17.9 Å². The van der Waals surface area contributed by atoms with Crippen LogP contribution in [0.15, 0.2) is 51.8 Å². The summed E-state index contributed by atoms with van der Waals surface area (Å²) in [7, 11) is 0. The number of hydrogen-bond donors (Lipinski definition) is 1. The molecule has 0 bridgehead atoms. The average Bonchev–Trinajstić information content (AvgIpc) is 2.48. The molecule has 0 aliphatic carbocycles. The Bertz CT molecular complexity index is 571. The van der Waals surface area contributed by atoms with Gasteiger partial charge in [-0.15, -0.1) is 11.8 Å². The van der Waals surface area contributed by atoms with Crippen LogP contribution in [0.25, 0.3) is 0 Å². The van der Waals surface area contributed by atoms with E-state index in [9.17, 15) is 4.39 Å². The van der Waals surface area contributed by atoms with Crippen molar-refractivity contribution in [1.82, 2.24) is 5.32 Å². The van der Waals surface area contributed by atoms with Crippen molar-refractivity contribution in [3.05, 3.63) is 63.9 Å². The summed E-state index contributed by atoms with van der Waals surface area (Å²) in [4.78, 5) is 1.21. The fourth-order valence-electron chi connectivity index (χ4n) is 2.15. The molecular formula is C16H17BrFNS. The third kappa shape index (κ3) is 3.43. The molecule has 0 aliphatic rings. The topological polar surface area (TPSA) is 12.0 Å². The Balaban J connectivity index is 2.41. The molecule has 0 heterocycles. The number of halogens is 2. The van der Waals surface area contributed by atoms with E-state index in [2.05, 4.69) is 45.5 Å². The summed E-state index contributed by atoms with van der Waals surface area (Å²) in [5, 5.41) is 3.35. The lowest BCUT2D eigenvalue weighted by molar-refractivity contribution is 0.555. The normalized spacial score (nSPS) is 12.4. The molecule has 106 valence electrons. The molecule has 0 saturated carbocycles. The SMILES string of the molecule is CCNC(c1ccc(SC)cc1)c1cccc(Br)c1F. The predicted octanol–water partition coefficient (Wildman–Crippen LogP) is 5.01. The standard InChI is InChI=1S/C16H17BrFNS/c1-3-19-16(11-7-9-12(20-2)10-8-11)13-5-4-6-14(17)15(13)18/h4-10,16,19H,3H2,1-2H3. The van der Waals surface area contributed by atoms with Crippen molar-refractivity contribution in [3.63, 3.8) is 0 Å². The van der Waals surface area contributed by atoms with Crippen molar-refractivity contribution in [1.29, 1.82) is 0 Å². The molecule has 0 amide bonds. The fraction of sp³-hybridized carbons (Fsp3) is 0.250. The average molecular weight is 354 g/mol. The minimum absolute atomic E-state index is 0.131. The van der Waals surface area contributed by atoms with Crippen molar-refractivity contribution in [2.75, 3.05) is 12.8 Å². The van der Waals surface area contributed by atoms with Gasteiger partial charge in [-0.2, -0.15) is 0 Å². The largest absolute Gasteiger partial charge is 0.306 e. The van der Waals surface area contributed by atoms with E-state index in [1.807, 2.05) is 25.3 Å². The van der Waals surface area contributed by atoms with Crippen LogP contribution < -0.4 is 5.32 Å². The Morgan fingerprint density at radius 2 is 1.90 bits per heavy atom. The molecule has 1 N–H and O–H groups in total. The Morgan fingerprint density at radius 3 is 2.50 bits per heavy atom. The quantitative estimate of drug-likeness (QED) is 0.758. The zero-order valence-electron chi connectivity index (χ0n) is 11.5. The van der Waals surface area contributed by atoms with Gasteiger partial charge in [0.15, 0.2) is 0 Å². The van der Waals surface area contributed by atoms with Crippen molar-refractivity contribution in [2.24, 2.45) is 0 Å². The van der Waals surface area contributed by atoms with Crippen LogP contribution in [0.4, 0.5) is 4.39 Å². The molecule has 0 saturated heterocycles. The Kier molecular flexibility index (Phi) is 5.64. The molecule has 0 spiro atoms. The predicted molar refractivity (Wildman–Crippen MR) is 87.8 cm³/mol. The van der Waals surface area contributed by atoms with Crippen molar-refractivity contribution < 1.29 is 4.39 Å².